The average Bonchev–Trinajstić information content (AvgIpc) is 2.75. The van der Waals surface area contributed by atoms with Crippen molar-refractivity contribution in [2.75, 3.05) is 6.61 Å². The number of rotatable bonds is 10. The minimum Gasteiger partial charge on any atom is -0.462 e. The van der Waals surface area contributed by atoms with Gasteiger partial charge in [0.15, 0.2) is 9.84 Å². The maximum absolute atomic E-state index is 14.0. The molecule has 2 rings (SSSR count). The summed E-state index contributed by atoms with van der Waals surface area (Å²) >= 11 is 0. The van der Waals surface area contributed by atoms with Gasteiger partial charge in [0, 0.05) is 6.92 Å². The van der Waals surface area contributed by atoms with Gasteiger partial charge in [-0.1, -0.05) is 48.8 Å². The van der Waals surface area contributed by atoms with Crippen LogP contribution >= 0.6 is 0 Å². The number of hydrogen-bond donors (Lipinski definition) is 1. The number of carbonyl (C=O) groups is 1. The van der Waals surface area contributed by atoms with Crippen molar-refractivity contribution in [3.63, 3.8) is 0 Å². The molecule has 1 N–H and O–H groups in total. The summed E-state index contributed by atoms with van der Waals surface area (Å²) < 4.78 is 33.0. The highest BCUT2D eigenvalue weighted by molar-refractivity contribution is 7.92. The molecule has 194 valence electrons. The molecule has 1 aliphatic carbocycles. The Kier molecular flexibility index (Phi) is 10.1. The molecule has 0 saturated carbocycles. The van der Waals surface area contributed by atoms with Crippen LogP contribution in [-0.4, -0.2) is 37.5 Å². The minimum absolute atomic E-state index is 0.242. The molecule has 1 aromatic rings. The van der Waals surface area contributed by atoms with E-state index in [-0.39, 0.29) is 22.9 Å². The van der Waals surface area contributed by atoms with E-state index in [9.17, 15) is 18.3 Å². The van der Waals surface area contributed by atoms with Gasteiger partial charge in [0.2, 0.25) is 0 Å². The molecule has 5 nitrogen and oxygen atoms in total. The van der Waals surface area contributed by atoms with Crippen molar-refractivity contribution in [3.05, 3.63) is 64.3 Å². The Labute approximate surface area is 211 Å². The van der Waals surface area contributed by atoms with Crippen LogP contribution in [0.25, 0.3) is 0 Å². The summed E-state index contributed by atoms with van der Waals surface area (Å²) in [7, 11) is -3.84. The highest BCUT2D eigenvalue weighted by Crippen LogP contribution is 2.46. The van der Waals surface area contributed by atoms with E-state index in [1.54, 1.807) is 24.3 Å². The van der Waals surface area contributed by atoms with Gasteiger partial charge in [0.1, 0.15) is 11.9 Å². The molecule has 2 unspecified atom stereocenters. The van der Waals surface area contributed by atoms with Crippen molar-refractivity contribution >= 4 is 15.8 Å². The highest BCUT2D eigenvalue weighted by atomic mass is 32.2. The number of esters is 1. The summed E-state index contributed by atoms with van der Waals surface area (Å²) in [6, 6.07) is 6.90. The monoisotopic (exact) mass is 502 g/mol. The fourth-order valence-corrected chi connectivity index (χ4v) is 7.11. The fourth-order valence-electron chi connectivity index (χ4n) is 4.92. The van der Waals surface area contributed by atoms with E-state index in [0.29, 0.717) is 12.0 Å². The Balaban J connectivity index is 2.40. The SMILES string of the molecule is CC(=O)OC/C=C(\C)CC/C=C(\C)C(O)C(C1=C(C)CCCC1(C)C)S(=O)(=O)c1ccc(C)cc1. The van der Waals surface area contributed by atoms with Gasteiger partial charge in [0.05, 0.1) is 11.0 Å². The van der Waals surface area contributed by atoms with Crippen LogP contribution in [0.1, 0.15) is 79.2 Å². The highest BCUT2D eigenvalue weighted by Gasteiger charge is 2.44. The molecule has 2 atom stereocenters. The number of aliphatic hydroxyl groups excluding tert-OH is 1. The zero-order valence-corrected chi connectivity index (χ0v) is 23.2. The first kappa shape index (κ1) is 29.1. The number of aliphatic hydroxyl groups is 1. The molecule has 1 aromatic carbocycles. The van der Waals surface area contributed by atoms with E-state index in [2.05, 4.69) is 13.8 Å². The van der Waals surface area contributed by atoms with Crippen LogP contribution in [-0.2, 0) is 19.4 Å². The second-order valence-electron chi connectivity index (χ2n) is 10.5. The van der Waals surface area contributed by atoms with E-state index in [1.165, 1.54) is 6.92 Å². The van der Waals surface area contributed by atoms with Gasteiger partial charge in [-0.25, -0.2) is 8.42 Å². The molecule has 35 heavy (non-hydrogen) atoms. The fraction of sp³-hybridized carbons (Fsp3) is 0.552. The lowest BCUT2D eigenvalue weighted by Crippen LogP contribution is -2.42. The van der Waals surface area contributed by atoms with Crippen molar-refractivity contribution in [3.8, 4) is 0 Å². The molecule has 0 amide bonds. The zero-order valence-electron chi connectivity index (χ0n) is 22.3. The summed E-state index contributed by atoms with van der Waals surface area (Å²) in [6.45, 7) is 13.5. The van der Waals surface area contributed by atoms with E-state index in [0.717, 1.165) is 48.0 Å². The lowest BCUT2D eigenvalue weighted by molar-refractivity contribution is -0.139. The number of carbonyl (C=O) groups excluding carboxylic acids is 1. The number of ether oxygens (including phenoxy) is 1. The summed E-state index contributed by atoms with van der Waals surface area (Å²) in [4.78, 5) is 11.2. The largest absolute Gasteiger partial charge is 0.462 e. The van der Waals surface area contributed by atoms with Gasteiger partial charge in [0.25, 0.3) is 0 Å². The number of sulfone groups is 1. The molecule has 0 heterocycles. The van der Waals surface area contributed by atoms with E-state index in [4.69, 9.17) is 4.74 Å². The van der Waals surface area contributed by atoms with Crippen LogP contribution in [0.2, 0.25) is 0 Å². The maximum atomic E-state index is 14.0. The van der Waals surface area contributed by atoms with Crippen LogP contribution < -0.4 is 0 Å². The Bertz CT molecular complexity index is 1090. The minimum atomic E-state index is -3.84. The molecule has 0 aromatic heterocycles. The first-order chi connectivity index (χ1) is 16.3. The smallest absolute Gasteiger partial charge is 0.302 e. The molecule has 0 fully saturated rings. The number of allylic oxidation sites excluding steroid dienone is 3. The van der Waals surface area contributed by atoms with E-state index < -0.39 is 21.2 Å². The summed E-state index contributed by atoms with van der Waals surface area (Å²) in [5, 5.41) is 10.5. The molecule has 6 heteroatoms. The van der Waals surface area contributed by atoms with Gasteiger partial charge >= 0.3 is 5.97 Å². The zero-order chi connectivity index (χ0) is 26.4. The average molecular weight is 503 g/mol. The predicted molar refractivity (Wildman–Crippen MR) is 142 cm³/mol. The second kappa shape index (κ2) is 12.2. The quantitative estimate of drug-likeness (QED) is 0.302. The van der Waals surface area contributed by atoms with Crippen LogP contribution in [0.5, 0.6) is 0 Å². The van der Waals surface area contributed by atoms with Crippen LogP contribution in [0.3, 0.4) is 0 Å². The molecule has 0 saturated heterocycles. The molecule has 0 spiro atoms. The van der Waals surface area contributed by atoms with Crippen LogP contribution in [0, 0.1) is 12.3 Å². The predicted octanol–water partition coefficient (Wildman–Crippen LogP) is 6.26. The molecule has 0 radical (unpaired) electrons. The van der Waals surface area contributed by atoms with Crippen LogP contribution in [0.15, 0.2) is 63.6 Å². The molecule has 0 bridgehead atoms. The lowest BCUT2D eigenvalue weighted by Gasteiger charge is -2.40. The van der Waals surface area contributed by atoms with Gasteiger partial charge < -0.3 is 9.84 Å². The van der Waals surface area contributed by atoms with Crippen LogP contribution in [0.4, 0.5) is 0 Å². The Morgan fingerprint density at radius 1 is 1.11 bits per heavy atom. The first-order valence-electron chi connectivity index (χ1n) is 12.4. The Morgan fingerprint density at radius 2 is 1.74 bits per heavy atom. The molecule has 0 aliphatic heterocycles. The number of hydrogen-bond acceptors (Lipinski definition) is 5. The normalized spacial score (nSPS) is 18.9. The maximum Gasteiger partial charge on any atom is 0.302 e. The van der Waals surface area contributed by atoms with Crippen molar-refractivity contribution in [1.82, 2.24) is 0 Å². The number of aryl methyl sites for hydroxylation is 1. The van der Waals surface area contributed by atoms with Gasteiger partial charge in [-0.3, -0.25) is 4.79 Å². The van der Waals surface area contributed by atoms with E-state index in [1.807, 2.05) is 39.8 Å². The third-order valence-corrected chi connectivity index (χ3v) is 9.08. The second-order valence-corrected chi connectivity index (χ2v) is 12.6. The van der Waals surface area contributed by atoms with Crippen molar-refractivity contribution in [2.45, 2.75) is 96.8 Å². The molecular weight excluding hydrogens is 460 g/mol. The van der Waals surface area contributed by atoms with E-state index >= 15 is 0 Å². The first-order valence-corrected chi connectivity index (χ1v) is 14.0. The number of benzene rings is 1. The topological polar surface area (TPSA) is 80.7 Å². The Hall–Kier alpha value is -2.18. The summed E-state index contributed by atoms with van der Waals surface area (Å²) in [6.07, 6.45) is 6.79. The summed E-state index contributed by atoms with van der Waals surface area (Å²) in [5.74, 6) is -0.316. The third kappa shape index (κ3) is 7.65. The lowest BCUT2D eigenvalue weighted by atomic mass is 9.70. The standard InChI is InChI=1S/C29H42O5S/c1-20(17-19-34-24(5)30)10-8-11-23(4)27(31)28(26-22(3)12-9-18-29(26,6)7)35(32,33)25-15-13-21(2)14-16-25/h11,13-17,27-28,31H,8-10,12,18-19H2,1-7H3/b20-17+,23-11+. The summed E-state index contributed by atoms with van der Waals surface area (Å²) in [5.41, 5.74) is 4.31. The van der Waals surface area contributed by atoms with Gasteiger partial charge in [-0.2, -0.15) is 0 Å². The van der Waals surface area contributed by atoms with Crippen molar-refractivity contribution in [2.24, 2.45) is 5.41 Å². The third-order valence-electron chi connectivity index (χ3n) is 6.99. The van der Waals surface area contributed by atoms with Crippen molar-refractivity contribution in [1.29, 1.82) is 0 Å². The van der Waals surface area contributed by atoms with Crippen molar-refractivity contribution < 1.29 is 23.1 Å². The Morgan fingerprint density at radius 3 is 2.31 bits per heavy atom. The van der Waals surface area contributed by atoms with Gasteiger partial charge in [-0.15, -0.1) is 0 Å². The van der Waals surface area contributed by atoms with Gasteiger partial charge in [-0.05, 0) is 94.6 Å². The molecular formula is C29H42O5S. The molecule has 1 aliphatic rings.